The lowest BCUT2D eigenvalue weighted by Gasteiger charge is -2.23. The fourth-order valence-electron chi connectivity index (χ4n) is 1.53. The van der Waals surface area contributed by atoms with Crippen LogP contribution in [0.5, 0.6) is 0 Å². The summed E-state index contributed by atoms with van der Waals surface area (Å²) < 4.78 is 0. The molecule has 0 atom stereocenters. The summed E-state index contributed by atoms with van der Waals surface area (Å²) in [6.45, 7) is 13.1. The van der Waals surface area contributed by atoms with E-state index in [-0.39, 0.29) is 0 Å². The highest BCUT2D eigenvalue weighted by Gasteiger charge is 2.19. The first kappa shape index (κ1) is 10.7. The van der Waals surface area contributed by atoms with Crippen molar-refractivity contribution in [2.24, 2.45) is 5.41 Å². The van der Waals surface area contributed by atoms with Crippen LogP contribution in [-0.2, 0) is 0 Å². The third kappa shape index (κ3) is 3.49. The lowest BCUT2D eigenvalue weighted by Crippen LogP contribution is -2.27. The van der Waals surface area contributed by atoms with Crippen LogP contribution >= 0.6 is 0 Å². The summed E-state index contributed by atoms with van der Waals surface area (Å²) in [6, 6.07) is 0. The molecule has 1 heterocycles. The van der Waals surface area contributed by atoms with Crippen molar-refractivity contribution in [1.29, 1.82) is 0 Å². The molecule has 1 aliphatic rings. The molecule has 0 spiro atoms. The molecule has 1 aliphatic heterocycles. The molecule has 0 aromatic carbocycles. The van der Waals surface area contributed by atoms with Gasteiger partial charge < -0.3 is 0 Å². The second kappa shape index (κ2) is 4.25. The van der Waals surface area contributed by atoms with Crippen LogP contribution in [0.1, 0.15) is 20.3 Å². The quantitative estimate of drug-likeness (QED) is 0.612. The van der Waals surface area contributed by atoms with Crippen LogP contribution < -0.4 is 0 Å². The molecule has 0 unspecified atom stereocenters. The Hall–Kier alpha value is -0.340. The van der Waals surface area contributed by atoms with Gasteiger partial charge in [0.05, 0.1) is 6.67 Å². The summed E-state index contributed by atoms with van der Waals surface area (Å²) in [6.07, 6.45) is 3.27. The molecule has 0 radical (unpaired) electrons. The first-order chi connectivity index (χ1) is 6.03. The minimum Gasteiger partial charge on any atom is -0.292 e. The molecule has 76 valence electrons. The van der Waals surface area contributed by atoms with Crippen molar-refractivity contribution in [2.45, 2.75) is 20.3 Å². The Morgan fingerprint density at radius 2 is 2.08 bits per heavy atom. The highest BCUT2D eigenvalue weighted by Crippen LogP contribution is 2.21. The van der Waals surface area contributed by atoms with Crippen molar-refractivity contribution < 1.29 is 0 Å². The van der Waals surface area contributed by atoms with Crippen molar-refractivity contribution in [3.63, 3.8) is 0 Å². The van der Waals surface area contributed by atoms with Gasteiger partial charge in [0, 0.05) is 19.6 Å². The fraction of sp³-hybridized carbons (Fsp3) is 0.818. The number of hydrogen-bond acceptors (Lipinski definition) is 2. The molecule has 0 saturated carbocycles. The van der Waals surface area contributed by atoms with Crippen molar-refractivity contribution in [1.82, 2.24) is 9.80 Å². The average Bonchev–Trinajstić information content (AvgIpc) is 2.48. The van der Waals surface area contributed by atoms with E-state index >= 15 is 0 Å². The second-order valence-electron chi connectivity index (χ2n) is 4.78. The number of hydrogen-bond donors (Lipinski definition) is 0. The van der Waals surface area contributed by atoms with Crippen LogP contribution in [0.4, 0.5) is 0 Å². The van der Waals surface area contributed by atoms with Gasteiger partial charge in [-0.05, 0) is 18.9 Å². The lowest BCUT2D eigenvalue weighted by atomic mass is 9.89. The zero-order chi connectivity index (χ0) is 9.90. The van der Waals surface area contributed by atoms with E-state index in [0.717, 1.165) is 6.67 Å². The maximum atomic E-state index is 3.86. The molecule has 2 heteroatoms. The van der Waals surface area contributed by atoms with Crippen LogP contribution in [0.3, 0.4) is 0 Å². The standard InChI is InChI=1S/C11H22N2/c1-5-11(2,3)6-7-13-9-8-12(4)10-13/h5H,1,6-10H2,2-4H3. The van der Waals surface area contributed by atoms with Crippen molar-refractivity contribution in [3.8, 4) is 0 Å². The summed E-state index contributed by atoms with van der Waals surface area (Å²) in [5.74, 6) is 0. The van der Waals surface area contributed by atoms with Crippen LogP contribution in [0, 0.1) is 5.41 Å². The molecular weight excluding hydrogens is 160 g/mol. The second-order valence-corrected chi connectivity index (χ2v) is 4.78. The molecule has 1 rings (SSSR count). The van der Waals surface area contributed by atoms with Crippen LogP contribution in [0.2, 0.25) is 0 Å². The molecule has 0 aromatic rings. The van der Waals surface area contributed by atoms with Gasteiger partial charge in [0.25, 0.3) is 0 Å². The van der Waals surface area contributed by atoms with Gasteiger partial charge >= 0.3 is 0 Å². The summed E-state index contributed by atoms with van der Waals surface area (Å²) in [5.41, 5.74) is 0.293. The summed E-state index contributed by atoms with van der Waals surface area (Å²) >= 11 is 0. The summed E-state index contributed by atoms with van der Waals surface area (Å²) in [7, 11) is 2.18. The van der Waals surface area contributed by atoms with Gasteiger partial charge in [-0.3, -0.25) is 9.80 Å². The molecule has 0 N–H and O–H groups in total. The Balaban J connectivity index is 2.23. The third-order valence-electron chi connectivity index (χ3n) is 2.86. The van der Waals surface area contributed by atoms with E-state index in [1.165, 1.54) is 26.1 Å². The monoisotopic (exact) mass is 182 g/mol. The van der Waals surface area contributed by atoms with Gasteiger partial charge in [0.2, 0.25) is 0 Å². The zero-order valence-electron chi connectivity index (χ0n) is 9.21. The van der Waals surface area contributed by atoms with Gasteiger partial charge in [-0.2, -0.15) is 0 Å². The summed E-state index contributed by atoms with van der Waals surface area (Å²) in [4.78, 5) is 4.87. The van der Waals surface area contributed by atoms with E-state index in [2.05, 4.69) is 43.3 Å². The predicted octanol–water partition coefficient (Wildman–Crippen LogP) is 1.79. The topological polar surface area (TPSA) is 6.48 Å². The Bertz CT molecular complexity index is 175. The van der Waals surface area contributed by atoms with E-state index in [1.807, 2.05) is 0 Å². The molecule has 0 aromatic heterocycles. The maximum Gasteiger partial charge on any atom is 0.0504 e. The Morgan fingerprint density at radius 3 is 2.54 bits per heavy atom. The fourth-order valence-corrected chi connectivity index (χ4v) is 1.53. The van der Waals surface area contributed by atoms with Gasteiger partial charge in [-0.25, -0.2) is 0 Å². The molecule has 1 saturated heterocycles. The first-order valence-electron chi connectivity index (χ1n) is 5.08. The highest BCUT2D eigenvalue weighted by molar-refractivity contribution is 4.88. The number of allylic oxidation sites excluding steroid dienone is 1. The SMILES string of the molecule is C=CC(C)(C)CCN1CCN(C)C1. The normalized spacial score (nSPS) is 20.8. The van der Waals surface area contributed by atoms with E-state index in [4.69, 9.17) is 0 Å². The zero-order valence-corrected chi connectivity index (χ0v) is 9.21. The van der Waals surface area contributed by atoms with Crippen LogP contribution in [0.25, 0.3) is 0 Å². The van der Waals surface area contributed by atoms with Gasteiger partial charge in [0.1, 0.15) is 0 Å². The average molecular weight is 182 g/mol. The molecule has 13 heavy (non-hydrogen) atoms. The van der Waals surface area contributed by atoms with Crippen LogP contribution in [0.15, 0.2) is 12.7 Å². The largest absolute Gasteiger partial charge is 0.292 e. The molecule has 2 nitrogen and oxygen atoms in total. The van der Waals surface area contributed by atoms with Gasteiger partial charge in [0.15, 0.2) is 0 Å². The van der Waals surface area contributed by atoms with E-state index in [9.17, 15) is 0 Å². The van der Waals surface area contributed by atoms with E-state index in [1.54, 1.807) is 0 Å². The smallest absolute Gasteiger partial charge is 0.0504 e. The number of rotatable bonds is 4. The number of nitrogens with zero attached hydrogens (tertiary/aromatic N) is 2. The van der Waals surface area contributed by atoms with E-state index < -0.39 is 0 Å². The lowest BCUT2D eigenvalue weighted by molar-refractivity contribution is 0.245. The molecule has 0 bridgehead atoms. The van der Waals surface area contributed by atoms with Crippen LogP contribution in [-0.4, -0.2) is 43.2 Å². The molecule has 0 amide bonds. The molecular formula is C11H22N2. The van der Waals surface area contributed by atoms with Gasteiger partial charge in [-0.1, -0.05) is 19.9 Å². The molecule has 1 fully saturated rings. The highest BCUT2D eigenvalue weighted by atomic mass is 15.4. The minimum atomic E-state index is 0.293. The van der Waals surface area contributed by atoms with Crippen molar-refractivity contribution in [3.05, 3.63) is 12.7 Å². The minimum absolute atomic E-state index is 0.293. The predicted molar refractivity (Wildman–Crippen MR) is 57.7 cm³/mol. The molecule has 0 aliphatic carbocycles. The summed E-state index contributed by atoms with van der Waals surface area (Å²) in [5, 5.41) is 0. The third-order valence-corrected chi connectivity index (χ3v) is 2.86. The van der Waals surface area contributed by atoms with Gasteiger partial charge in [-0.15, -0.1) is 6.58 Å². The first-order valence-corrected chi connectivity index (χ1v) is 5.08. The Morgan fingerprint density at radius 1 is 1.38 bits per heavy atom. The number of likely N-dealkylation sites (N-methyl/N-ethyl adjacent to an activating group) is 1. The Labute approximate surface area is 82.2 Å². The van der Waals surface area contributed by atoms with Crippen molar-refractivity contribution >= 4 is 0 Å². The van der Waals surface area contributed by atoms with Crippen molar-refractivity contribution in [2.75, 3.05) is 33.4 Å². The maximum absolute atomic E-state index is 3.86. The Kier molecular flexibility index (Phi) is 3.51. The van der Waals surface area contributed by atoms with E-state index in [0.29, 0.717) is 5.41 Å².